The third-order valence-electron chi connectivity index (χ3n) is 4.54. The quantitative estimate of drug-likeness (QED) is 0.734. The SMILES string of the molecule is COc1ccc(NC(=S)N(CCN2CCOCC2)Cc2ccncc2)cc1. The number of ether oxygens (including phenoxy) is 2. The van der Waals surface area contributed by atoms with Crippen molar-refractivity contribution in [2.75, 3.05) is 51.8 Å². The van der Waals surface area contributed by atoms with Gasteiger partial charge >= 0.3 is 0 Å². The van der Waals surface area contributed by atoms with Crippen LogP contribution >= 0.6 is 12.2 Å². The number of rotatable bonds is 7. The van der Waals surface area contributed by atoms with Gasteiger partial charge in [0, 0.05) is 50.8 Å². The molecule has 0 spiro atoms. The van der Waals surface area contributed by atoms with Crippen molar-refractivity contribution >= 4 is 23.0 Å². The van der Waals surface area contributed by atoms with E-state index in [1.54, 1.807) is 7.11 Å². The Kier molecular flexibility index (Phi) is 7.38. The van der Waals surface area contributed by atoms with Crippen LogP contribution in [0.15, 0.2) is 48.8 Å². The fourth-order valence-corrected chi connectivity index (χ4v) is 3.20. The molecule has 0 atom stereocenters. The molecule has 0 amide bonds. The fourth-order valence-electron chi connectivity index (χ4n) is 2.92. The number of benzene rings is 1. The molecular weight excluding hydrogens is 360 g/mol. The van der Waals surface area contributed by atoms with E-state index in [2.05, 4.69) is 20.1 Å². The van der Waals surface area contributed by atoms with Crippen LogP contribution in [0.2, 0.25) is 0 Å². The zero-order valence-electron chi connectivity index (χ0n) is 15.6. The molecule has 7 heteroatoms. The summed E-state index contributed by atoms with van der Waals surface area (Å²) in [5.74, 6) is 0.826. The van der Waals surface area contributed by atoms with E-state index in [1.165, 1.54) is 5.56 Å². The topological polar surface area (TPSA) is 49.9 Å². The second-order valence-corrected chi connectivity index (χ2v) is 6.78. The van der Waals surface area contributed by atoms with Crippen molar-refractivity contribution < 1.29 is 9.47 Å². The third-order valence-corrected chi connectivity index (χ3v) is 4.90. The number of pyridine rings is 1. The van der Waals surface area contributed by atoms with Gasteiger partial charge < -0.3 is 19.7 Å². The minimum absolute atomic E-state index is 0.713. The van der Waals surface area contributed by atoms with Crippen LogP contribution in [0, 0.1) is 0 Å². The van der Waals surface area contributed by atoms with Crippen LogP contribution in [0.4, 0.5) is 5.69 Å². The molecule has 27 heavy (non-hydrogen) atoms. The first kappa shape index (κ1) is 19.5. The fraction of sp³-hybridized carbons (Fsp3) is 0.400. The standard InChI is InChI=1S/C20H26N4O2S/c1-25-19-4-2-18(3-5-19)22-20(27)24(16-17-6-8-21-9-7-17)11-10-23-12-14-26-15-13-23/h2-9H,10-16H2,1H3,(H,22,27). The Morgan fingerprint density at radius 1 is 1.19 bits per heavy atom. The molecule has 0 bridgehead atoms. The monoisotopic (exact) mass is 386 g/mol. The van der Waals surface area contributed by atoms with Crippen molar-refractivity contribution in [2.45, 2.75) is 6.54 Å². The van der Waals surface area contributed by atoms with Crippen molar-refractivity contribution in [3.8, 4) is 5.75 Å². The Balaban J connectivity index is 1.63. The van der Waals surface area contributed by atoms with E-state index < -0.39 is 0 Å². The first-order valence-electron chi connectivity index (χ1n) is 9.13. The van der Waals surface area contributed by atoms with Crippen LogP contribution in [0.3, 0.4) is 0 Å². The van der Waals surface area contributed by atoms with Crippen LogP contribution in [-0.4, -0.2) is 66.4 Å². The predicted molar refractivity (Wildman–Crippen MR) is 111 cm³/mol. The highest BCUT2D eigenvalue weighted by Crippen LogP contribution is 2.16. The van der Waals surface area contributed by atoms with Crippen LogP contribution in [0.1, 0.15) is 5.56 Å². The van der Waals surface area contributed by atoms with Gasteiger partial charge in [0.25, 0.3) is 0 Å². The molecule has 1 N–H and O–H groups in total. The second kappa shape index (κ2) is 10.2. The number of methoxy groups -OCH3 is 1. The van der Waals surface area contributed by atoms with E-state index in [0.29, 0.717) is 5.11 Å². The molecule has 0 unspecified atom stereocenters. The Bertz CT molecular complexity index is 706. The summed E-state index contributed by atoms with van der Waals surface area (Å²) in [6.45, 7) is 6.11. The largest absolute Gasteiger partial charge is 0.497 e. The molecule has 0 radical (unpaired) electrons. The Labute approximate surface area is 166 Å². The molecule has 0 aliphatic carbocycles. The summed E-state index contributed by atoms with van der Waals surface area (Å²) in [6, 6.07) is 11.8. The molecule has 1 fully saturated rings. The van der Waals surface area contributed by atoms with Gasteiger partial charge in [-0.25, -0.2) is 0 Å². The molecule has 0 saturated carbocycles. The van der Waals surface area contributed by atoms with Crippen molar-refractivity contribution in [1.29, 1.82) is 0 Å². The summed E-state index contributed by atoms with van der Waals surface area (Å²) in [6.07, 6.45) is 3.63. The molecule has 1 saturated heterocycles. The van der Waals surface area contributed by atoms with Gasteiger partial charge in [-0.2, -0.15) is 0 Å². The lowest BCUT2D eigenvalue weighted by Gasteiger charge is -2.31. The van der Waals surface area contributed by atoms with E-state index in [0.717, 1.165) is 57.4 Å². The highest BCUT2D eigenvalue weighted by atomic mass is 32.1. The number of thiocarbonyl (C=S) groups is 1. The minimum Gasteiger partial charge on any atom is -0.497 e. The van der Waals surface area contributed by atoms with Crippen molar-refractivity contribution in [2.24, 2.45) is 0 Å². The van der Waals surface area contributed by atoms with Crippen molar-refractivity contribution in [3.63, 3.8) is 0 Å². The number of nitrogens with one attached hydrogen (secondary N) is 1. The zero-order chi connectivity index (χ0) is 18.9. The number of hydrogen-bond donors (Lipinski definition) is 1. The summed E-state index contributed by atoms with van der Waals surface area (Å²) >= 11 is 5.71. The van der Waals surface area contributed by atoms with E-state index in [-0.39, 0.29) is 0 Å². The first-order valence-corrected chi connectivity index (χ1v) is 9.54. The van der Waals surface area contributed by atoms with Gasteiger partial charge in [-0.15, -0.1) is 0 Å². The van der Waals surface area contributed by atoms with Gasteiger partial charge in [-0.1, -0.05) is 0 Å². The molecule has 1 aromatic heterocycles. The van der Waals surface area contributed by atoms with E-state index in [4.69, 9.17) is 21.7 Å². The first-order chi connectivity index (χ1) is 13.2. The normalized spacial score (nSPS) is 14.6. The summed E-state index contributed by atoms with van der Waals surface area (Å²) in [5, 5.41) is 4.06. The van der Waals surface area contributed by atoms with Crippen LogP contribution in [0.5, 0.6) is 5.75 Å². The molecule has 144 valence electrons. The molecule has 1 aliphatic heterocycles. The Morgan fingerprint density at radius 2 is 1.89 bits per heavy atom. The number of hydrogen-bond acceptors (Lipinski definition) is 5. The van der Waals surface area contributed by atoms with Gasteiger partial charge in [0.1, 0.15) is 5.75 Å². The van der Waals surface area contributed by atoms with Gasteiger partial charge in [-0.3, -0.25) is 9.88 Å². The maximum absolute atomic E-state index is 5.71. The van der Waals surface area contributed by atoms with Crippen LogP contribution in [-0.2, 0) is 11.3 Å². The molecule has 3 rings (SSSR count). The van der Waals surface area contributed by atoms with E-state index in [1.807, 2.05) is 48.8 Å². The zero-order valence-corrected chi connectivity index (χ0v) is 16.5. The molecule has 2 heterocycles. The Hall–Kier alpha value is -2.22. The maximum atomic E-state index is 5.71. The number of anilines is 1. The summed E-state index contributed by atoms with van der Waals surface area (Å²) in [4.78, 5) is 8.71. The molecule has 1 aliphatic rings. The van der Waals surface area contributed by atoms with Crippen molar-refractivity contribution in [3.05, 3.63) is 54.4 Å². The molecule has 6 nitrogen and oxygen atoms in total. The molecular formula is C20H26N4O2S. The lowest BCUT2D eigenvalue weighted by Crippen LogP contribution is -2.43. The van der Waals surface area contributed by atoms with Gasteiger partial charge in [0.05, 0.1) is 20.3 Å². The van der Waals surface area contributed by atoms with Crippen LogP contribution in [0.25, 0.3) is 0 Å². The van der Waals surface area contributed by atoms with Crippen molar-refractivity contribution in [1.82, 2.24) is 14.8 Å². The van der Waals surface area contributed by atoms with Gasteiger partial charge in [0.15, 0.2) is 5.11 Å². The summed E-state index contributed by atoms with van der Waals surface area (Å²) < 4.78 is 10.7. The summed E-state index contributed by atoms with van der Waals surface area (Å²) in [7, 11) is 1.66. The minimum atomic E-state index is 0.713. The second-order valence-electron chi connectivity index (χ2n) is 6.39. The highest BCUT2D eigenvalue weighted by molar-refractivity contribution is 7.80. The van der Waals surface area contributed by atoms with E-state index >= 15 is 0 Å². The van der Waals surface area contributed by atoms with E-state index in [9.17, 15) is 0 Å². The average Bonchev–Trinajstić information content (AvgIpc) is 2.73. The number of morpholine rings is 1. The average molecular weight is 387 g/mol. The lowest BCUT2D eigenvalue weighted by molar-refractivity contribution is 0.0358. The predicted octanol–water partition coefficient (Wildman–Crippen LogP) is 2.62. The highest BCUT2D eigenvalue weighted by Gasteiger charge is 2.15. The Morgan fingerprint density at radius 3 is 2.56 bits per heavy atom. The maximum Gasteiger partial charge on any atom is 0.173 e. The summed E-state index contributed by atoms with van der Waals surface area (Å²) in [5.41, 5.74) is 2.14. The number of nitrogens with zero attached hydrogens (tertiary/aromatic N) is 3. The smallest absolute Gasteiger partial charge is 0.173 e. The third kappa shape index (κ3) is 6.16. The molecule has 2 aromatic rings. The van der Waals surface area contributed by atoms with Gasteiger partial charge in [-0.05, 0) is 54.2 Å². The lowest BCUT2D eigenvalue weighted by atomic mass is 10.2. The van der Waals surface area contributed by atoms with Gasteiger partial charge in [0.2, 0.25) is 0 Å². The number of aromatic nitrogens is 1. The molecule has 1 aromatic carbocycles. The van der Waals surface area contributed by atoms with Crippen LogP contribution < -0.4 is 10.1 Å².